The highest BCUT2D eigenvalue weighted by molar-refractivity contribution is 6.35. The van der Waals surface area contributed by atoms with Gasteiger partial charge in [-0.15, -0.1) is 0 Å². The molecule has 3 rings (SSSR count). The number of rotatable bonds is 5. The fraction of sp³-hybridized carbons (Fsp3) is 0.300. The number of aryl methyl sites for hydroxylation is 1. The Hall–Kier alpha value is -1.52. The van der Waals surface area contributed by atoms with E-state index in [2.05, 4.69) is 53.1 Å². The van der Waals surface area contributed by atoms with Gasteiger partial charge in [-0.3, -0.25) is 4.90 Å². The summed E-state index contributed by atoms with van der Waals surface area (Å²) in [4.78, 5) is 2.47. The lowest BCUT2D eigenvalue weighted by molar-refractivity contribution is 0.104. The van der Waals surface area contributed by atoms with E-state index in [1.807, 2.05) is 12.1 Å². The Balaban J connectivity index is 1.50. The Kier molecular flexibility index (Phi) is 6.02. The van der Waals surface area contributed by atoms with E-state index < -0.39 is 0 Å². The van der Waals surface area contributed by atoms with Crippen LogP contribution in [0.4, 0.5) is 0 Å². The normalized spacial score (nSPS) is 16.0. The number of nitrogens with zero attached hydrogens (tertiary/aromatic N) is 2. The molecule has 0 unspecified atom stereocenters. The quantitative estimate of drug-likeness (QED) is 0.823. The molecule has 1 aliphatic heterocycles. The van der Waals surface area contributed by atoms with Gasteiger partial charge in [0.05, 0.1) is 10.7 Å². The topological polar surface area (TPSA) is 18.5 Å². The molecule has 1 fully saturated rings. The van der Waals surface area contributed by atoms with Gasteiger partial charge in [-0.2, -0.15) is 0 Å². The average molecular weight is 376 g/mol. The number of hydrogen-bond acceptors (Lipinski definition) is 3. The Morgan fingerprint density at radius 1 is 1.04 bits per heavy atom. The molecule has 0 bridgehead atoms. The lowest BCUT2D eigenvalue weighted by Gasteiger charge is -2.35. The van der Waals surface area contributed by atoms with Crippen LogP contribution >= 0.6 is 23.2 Å². The fourth-order valence-corrected chi connectivity index (χ4v) is 3.48. The predicted octanol–water partition coefficient (Wildman–Crippen LogP) is 4.59. The van der Waals surface area contributed by atoms with Crippen molar-refractivity contribution in [2.45, 2.75) is 13.5 Å². The number of piperazine rings is 1. The van der Waals surface area contributed by atoms with Crippen LogP contribution in [-0.2, 0) is 6.54 Å². The van der Waals surface area contributed by atoms with Crippen molar-refractivity contribution in [1.29, 1.82) is 0 Å². The van der Waals surface area contributed by atoms with Gasteiger partial charge >= 0.3 is 0 Å². The SMILES string of the molecule is C=C(NN1CCN(Cc2ccc(C)cc2)CC1)c1ccc(Cl)cc1Cl. The zero-order chi connectivity index (χ0) is 17.8. The van der Waals surface area contributed by atoms with Gasteiger partial charge < -0.3 is 5.43 Å². The first-order valence-corrected chi connectivity index (χ1v) is 9.21. The third-order valence-corrected chi connectivity index (χ3v) is 5.00. The monoisotopic (exact) mass is 375 g/mol. The summed E-state index contributed by atoms with van der Waals surface area (Å²) in [6, 6.07) is 14.2. The molecule has 5 heteroatoms. The van der Waals surface area contributed by atoms with Crippen LogP contribution in [0.5, 0.6) is 0 Å². The third kappa shape index (κ3) is 4.99. The van der Waals surface area contributed by atoms with Crippen LogP contribution in [0.3, 0.4) is 0 Å². The minimum absolute atomic E-state index is 0.614. The Morgan fingerprint density at radius 3 is 2.36 bits per heavy atom. The van der Waals surface area contributed by atoms with E-state index in [0.717, 1.165) is 44.0 Å². The zero-order valence-corrected chi connectivity index (χ0v) is 15.9. The van der Waals surface area contributed by atoms with Gasteiger partial charge in [-0.25, -0.2) is 5.01 Å². The molecule has 0 amide bonds. The maximum atomic E-state index is 6.25. The van der Waals surface area contributed by atoms with Gasteiger partial charge in [0.25, 0.3) is 0 Å². The Morgan fingerprint density at radius 2 is 1.72 bits per heavy atom. The van der Waals surface area contributed by atoms with Crippen molar-refractivity contribution in [3.63, 3.8) is 0 Å². The van der Waals surface area contributed by atoms with Crippen molar-refractivity contribution in [1.82, 2.24) is 15.3 Å². The van der Waals surface area contributed by atoms with Gasteiger partial charge in [0, 0.05) is 43.3 Å². The maximum absolute atomic E-state index is 6.25. The molecule has 2 aromatic carbocycles. The molecule has 0 atom stereocenters. The first-order chi connectivity index (χ1) is 12.0. The van der Waals surface area contributed by atoms with Crippen molar-refractivity contribution in [3.8, 4) is 0 Å². The summed E-state index contributed by atoms with van der Waals surface area (Å²) in [6.07, 6.45) is 0. The predicted molar refractivity (Wildman–Crippen MR) is 107 cm³/mol. The van der Waals surface area contributed by atoms with Crippen molar-refractivity contribution in [2.75, 3.05) is 26.2 Å². The van der Waals surface area contributed by atoms with Gasteiger partial charge in [0.2, 0.25) is 0 Å². The van der Waals surface area contributed by atoms with E-state index in [9.17, 15) is 0 Å². The molecular formula is C20H23Cl2N3. The number of benzene rings is 2. The Labute approximate surface area is 159 Å². The minimum Gasteiger partial charge on any atom is -0.319 e. The molecular weight excluding hydrogens is 353 g/mol. The van der Waals surface area contributed by atoms with Gasteiger partial charge in [0.1, 0.15) is 0 Å². The van der Waals surface area contributed by atoms with E-state index in [0.29, 0.717) is 10.0 Å². The zero-order valence-electron chi connectivity index (χ0n) is 14.4. The second-order valence-corrected chi connectivity index (χ2v) is 7.31. The van der Waals surface area contributed by atoms with E-state index in [-0.39, 0.29) is 0 Å². The third-order valence-electron chi connectivity index (χ3n) is 4.45. The van der Waals surface area contributed by atoms with Crippen LogP contribution in [0, 0.1) is 6.92 Å². The van der Waals surface area contributed by atoms with Crippen LogP contribution in [0.2, 0.25) is 10.0 Å². The van der Waals surface area contributed by atoms with Crippen LogP contribution in [0.1, 0.15) is 16.7 Å². The molecule has 2 aromatic rings. The van der Waals surface area contributed by atoms with Crippen LogP contribution in [-0.4, -0.2) is 36.1 Å². The number of halogens is 2. The van der Waals surface area contributed by atoms with E-state index in [1.165, 1.54) is 11.1 Å². The van der Waals surface area contributed by atoms with Gasteiger partial charge in [-0.05, 0) is 30.7 Å². The average Bonchev–Trinajstić information content (AvgIpc) is 2.58. The largest absolute Gasteiger partial charge is 0.319 e. The number of hydrazine groups is 1. The smallest absolute Gasteiger partial charge is 0.0514 e. The summed E-state index contributed by atoms with van der Waals surface area (Å²) in [5.74, 6) is 0. The molecule has 3 nitrogen and oxygen atoms in total. The highest BCUT2D eigenvalue weighted by atomic mass is 35.5. The molecule has 132 valence electrons. The minimum atomic E-state index is 0.614. The molecule has 1 N–H and O–H groups in total. The van der Waals surface area contributed by atoms with Crippen molar-refractivity contribution in [3.05, 3.63) is 75.8 Å². The molecule has 0 aliphatic carbocycles. The van der Waals surface area contributed by atoms with E-state index in [4.69, 9.17) is 23.2 Å². The summed E-state index contributed by atoms with van der Waals surface area (Å²) in [5, 5.41) is 3.44. The van der Waals surface area contributed by atoms with E-state index in [1.54, 1.807) is 6.07 Å². The first-order valence-electron chi connectivity index (χ1n) is 8.45. The van der Waals surface area contributed by atoms with Crippen LogP contribution in [0.25, 0.3) is 5.70 Å². The fourth-order valence-electron chi connectivity index (χ4n) is 2.95. The van der Waals surface area contributed by atoms with Gasteiger partial charge in [-0.1, -0.05) is 59.6 Å². The lowest BCUT2D eigenvalue weighted by Crippen LogP contribution is -2.50. The number of nitrogens with one attached hydrogen (secondary N) is 1. The molecule has 1 aliphatic rings. The van der Waals surface area contributed by atoms with Crippen molar-refractivity contribution >= 4 is 28.9 Å². The van der Waals surface area contributed by atoms with Crippen molar-refractivity contribution < 1.29 is 0 Å². The standard InChI is InChI=1S/C20H23Cl2N3/c1-15-3-5-17(6-4-15)14-24-9-11-25(12-10-24)23-16(2)19-8-7-18(21)13-20(19)22/h3-8,13,23H,2,9-12,14H2,1H3. The summed E-state index contributed by atoms with van der Waals surface area (Å²) in [7, 11) is 0. The maximum Gasteiger partial charge on any atom is 0.0514 e. The molecule has 0 aromatic heterocycles. The lowest BCUT2D eigenvalue weighted by atomic mass is 10.1. The molecule has 0 radical (unpaired) electrons. The molecule has 1 saturated heterocycles. The van der Waals surface area contributed by atoms with Crippen molar-refractivity contribution in [2.24, 2.45) is 0 Å². The van der Waals surface area contributed by atoms with Gasteiger partial charge in [0.15, 0.2) is 0 Å². The molecule has 1 heterocycles. The second-order valence-electron chi connectivity index (χ2n) is 6.46. The number of hydrogen-bond donors (Lipinski definition) is 1. The highest BCUT2D eigenvalue weighted by Crippen LogP contribution is 2.25. The molecule has 0 spiro atoms. The first kappa shape index (κ1) is 18.3. The summed E-state index contributed by atoms with van der Waals surface area (Å²) < 4.78 is 0. The molecule has 0 saturated carbocycles. The Bertz CT molecular complexity index is 735. The summed E-state index contributed by atoms with van der Waals surface area (Å²) in [5.41, 5.74) is 7.72. The second kappa shape index (κ2) is 8.24. The van der Waals surface area contributed by atoms with E-state index >= 15 is 0 Å². The highest BCUT2D eigenvalue weighted by Gasteiger charge is 2.18. The van der Waals surface area contributed by atoms with Crippen LogP contribution < -0.4 is 5.43 Å². The summed E-state index contributed by atoms with van der Waals surface area (Å²) >= 11 is 12.2. The van der Waals surface area contributed by atoms with Crippen LogP contribution in [0.15, 0.2) is 49.0 Å². The summed E-state index contributed by atoms with van der Waals surface area (Å²) in [6.45, 7) is 11.1. The molecule has 25 heavy (non-hydrogen) atoms.